The summed E-state index contributed by atoms with van der Waals surface area (Å²) in [7, 11) is 1.61. The minimum absolute atomic E-state index is 0.224. The molecule has 0 atom stereocenters. The van der Waals surface area contributed by atoms with Crippen LogP contribution in [0.1, 0.15) is 22.4 Å². The van der Waals surface area contributed by atoms with E-state index >= 15 is 0 Å². The molecule has 0 aliphatic carbocycles. The maximum atomic E-state index is 5.61. The Morgan fingerprint density at radius 2 is 2.13 bits per heavy atom. The van der Waals surface area contributed by atoms with Gasteiger partial charge in [0.2, 0.25) is 0 Å². The Kier molecular flexibility index (Phi) is 4.84. The highest BCUT2D eigenvalue weighted by atomic mass is 79.9. The summed E-state index contributed by atoms with van der Waals surface area (Å²) in [6.45, 7) is 5.48. The van der Waals surface area contributed by atoms with E-state index in [0.29, 0.717) is 13.2 Å². The molecule has 1 N–H and O–H groups in total. The van der Waals surface area contributed by atoms with E-state index in [1.807, 2.05) is 19.1 Å². The summed E-state index contributed by atoms with van der Waals surface area (Å²) in [5.41, 5.74) is 5.25. The summed E-state index contributed by atoms with van der Waals surface area (Å²) in [4.78, 5) is 4.67. The number of nitrogens with one attached hydrogen (secondary N) is 1. The Labute approximate surface area is 144 Å². The van der Waals surface area contributed by atoms with Crippen LogP contribution in [0.2, 0.25) is 0 Å². The predicted octanol–water partition coefficient (Wildman–Crippen LogP) is 4.22. The topological polar surface area (TPSA) is 52.6 Å². The molecular weight excluding hydrogens is 360 g/mol. The number of rotatable bonds is 5. The zero-order valence-corrected chi connectivity index (χ0v) is 15.0. The first kappa shape index (κ1) is 16.2. The third-order valence-electron chi connectivity index (χ3n) is 3.84. The van der Waals surface area contributed by atoms with E-state index in [9.17, 15) is 0 Å². The predicted molar refractivity (Wildman–Crippen MR) is 92.1 cm³/mol. The number of halogens is 1. The zero-order valence-electron chi connectivity index (χ0n) is 13.4. The highest BCUT2D eigenvalue weighted by Crippen LogP contribution is 2.34. The molecule has 0 bridgehead atoms. The molecule has 0 fully saturated rings. The lowest BCUT2D eigenvalue weighted by molar-refractivity contribution is 0.0507. The summed E-state index contributed by atoms with van der Waals surface area (Å²) in [6, 6.07) is 6.03. The lowest BCUT2D eigenvalue weighted by Gasteiger charge is -2.17. The standard InChI is InChI=1S/C17H19BrN2O3/c1-10-4-5-15(23-9-21-3)11(2)16(10)20-17-13(18)6-12-7-22-8-14(12)19-17/h4-6H,7-9H2,1-3H3,(H,19,20). The second-order valence-electron chi connectivity index (χ2n) is 5.47. The number of methoxy groups -OCH3 is 1. The lowest BCUT2D eigenvalue weighted by atomic mass is 10.1. The molecule has 1 aromatic heterocycles. The number of hydrogen-bond acceptors (Lipinski definition) is 5. The third-order valence-corrected chi connectivity index (χ3v) is 4.44. The molecule has 0 saturated carbocycles. The van der Waals surface area contributed by atoms with Crippen molar-refractivity contribution in [3.8, 4) is 5.75 Å². The first-order valence-corrected chi connectivity index (χ1v) is 8.14. The summed E-state index contributed by atoms with van der Waals surface area (Å²) < 4.78 is 17.0. The van der Waals surface area contributed by atoms with Crippen LogP contribution in [0.4, 0.5) is 11.5 Å². The molecule has 6 heteroatoms. The Morgan fingerprint density at radius 1 is 1.30 bits per heavy atom. The average Bonchev–Trinajstić information content (AvgIpc) is 2.97. The van der Waals surface area contributed by atoms with Crippen LogP contribution in [-0.4, -0.2) is 18.9 Å². The van der Waals surface area contributed by atoms with Crippen LogP contribution in [0.15, 0.2) is 22.7 Å². The second-order valence-corrected chi connectivity index (χ2v) is 6.33. The van der Waals surface area contributed by atoms with Gasteiger partial charge < -0.3 is 19.5 Å². The van der Waals surface area contributed by atoms with Crippen LogP contribution >= 0.6 is 15.9 Å². The van der Waals surface area contributed by atoms with Crippen molar-refractivity contribution in [2.75, 3.05) is 19.2 Å². The lowest BCUT2D eigenvalue weighted by Crippen LogP contribution is -2.05. The number of hydrogen-bond donors (Lipinski definition) is 1. The number of pyridine rings is 1. The maximum Gasteiger partial charge on any atom is 0.188 e. The van der Waals surface area contributed by atoms with E-state index in [1.165, 1.54) is 0 Å². The van der Waals surface area contributed by atoms with Gasteiger partial charge in [0.1, 0.15) is 11.6 Å². The Morgan fingerprint density at radius 3 is 2.91 bits per heavy atom. The highest BCUT2D eigenvalue weighted by Gasteiger charge is 2.17. The molecule has 0 amide bonds. The van der Waals surface area contributed by atoms with E-state index in [2.05, 4.69) is 39.2 Å². The van der Waals surface area contributed by atoms with Gasteiger partial charge in [-0.3, -0.25) is 0 Å². The van der Waals surface area contributed by atoms with Gasteiger partial charge in [-0.25, -0.2) is 4.98 Å². The van der Waals surface area contributed by atoms with Crippen molar-refractivity contribution >= 4 is 27.4 Å². The van der Waals surface area contributed by atoms with Gasteiger partial charge in [-0.2, -0.15) is 0 Å². The van der Waals surface area contributed by atoms with Crippen molar-refractivity contribution in [1.29, 1.82) is 0 Å². The fraction of sp³-hybridized carbons (Fsp3) is 0.353. The molecule has 5 nitrogen and oxygen atoms in total. The smallest absolute Gasteiger partial charge is 0.188 e. The molecular formula is C17H19BrN2O3. The van der Waals surface area contributed by atoms with Gasteiger partial charge in [-0.1, -0.05) is 6.07 Å². The fourth-order valence-electron chi connectivity index (χ4n) is 2.58. The van der Waals surface area contributed by atoms with Crippen LogP contribution in [-0.2, 0) is 22.7 Å². The molecule has 23 heavy (non-hydrogen) atoms. The van der Waals surface area contributed by atoms with Crippen LogP contribution in [0, 0.1) is 13.8 Å². The van der Waals surface area contributed by atoms with Gasteiger partial charge >= 0.3 is 0 Å². The largest absolute Gasteiger partial charge is 0.467 e. The summed E-state index contributed by atoms with van der Waals surface area (Å²) in [5, 5.41) is 3.42. The Bertz CT molecular complexity index is 734. The van der Waals surface area contributed by atoms with Crippen LogP contribution < -0.4 is 10.1 Å². The van der Waals surface area contributed by atoms with Crippen molar-refractivity contribution in [2.45, 2.75) is 27.1 Å². The molecule has 0 radical (unpaired) electrons. The minimum Gasteiger partial charge on any atom is -0.467 e. The van der Waals surface area contributed by atoms with Gasteiger partial charge in [0.05, 0.1) is 23.4 Å². The highest BCUT2D eigenvalue weighted by molar-refractivity contribution is 9.10. The second kappa shape index (κ2) is 6.86. The monoisotopic (exact) mass is 378 g/mol. The van der Waals surface area contributed by atoms with Crippen LogP contribution in [0.5, 0.6) is 5.75 Å². The maximum absolute atomic E-state index is 5.61. The number of ether oxygens (including phenoxy) is 3. The Hall–Kier alpha value is -1.63. The molecule has 1 aromatic carbocycles. The van der Waals surface area contributed by atoms with E-state index < -0.39 is 0 Å². The summed E-state index contributed by atoms with van der Waals surface area (Å²) in [5.74, 6) is 1.57. The Balaban J connectivity index is 1.93. The van der Waals surface area contributed by atoms with Gasteiger partial charge in [-0.05, 0) is 47.5 Å². The van der Waals surface area contributed by atoms with Crippen molar-refractivity contribution in [3.63, 3.8) is 0 Å². The number of aryl methyl sites for hydroxylation is 1. The zero-order chi connectivity index (χ0) is 16.4. The van der Waals surface area contributed by atoms with E-state index in [-0.39, 0.29) is 6.79 Å². The number of aromatic nitrogens is 1. The first-order chi connectivity index (χ1) is 11.1. The molecule has 1 aliphatic heterocycles. The van der Waals surface area contributed by atoms with E-state index in [1.54, 1.807) is 7.11 Å². The van der Waals surface area contributed by atoms with Crippen molar-refractivity contribution < 1.29 is 14.2 Å². The SMILES string of the molecule is COCOc1ccc(C)c(Nc2nc3c(cc2Br)COC3)c1C. The summed E-state index contributed by atoms with van der Waals surface area (Å²) in [6.07, 6.45) is 0. The molecule has 1 aliphatic rings. The van der Waals surface area contributed by atoms with Crippen molar-refractivity contribution in [3.05, 3.63) is 45.1 Å². The number of nitrogens with zero attached hydrogens (tertiary/aromatic N) is 1. The van der Waals surface area contributed by atoms with Crippen LogP contribution in [0.3, 0.4) is 0 Å². The number of anilines is 2. The van der Waals surface area contributed by atoms with Gasteiger partial charge in [0.25, 0.3) is 0 Å². The van der Waals surface area contributed by atoms with Gasteiger partial charge in [0, 0.05) is 23.9 Å². The quantitative estimate of drug-likeness (QED) is 0.789. The molecule has 0 unspecified atom stereocenters. The van der Waals surface area contributed by atoms with E-state index in [4.69, 9.17) is 14.2 Å². The fourth-order valence-corrected chi connectivity index (χ4v) is 3.04. The van der Waals surface area contributed by atoms with Gasteiger partial charge in [0.15, 0.2) is 6.79 Å². The normalized spacial score (nSPS) is 13.0. The van der Waals surface area contributed by atoms with Gasteiger partial charge in [-0.15, -0.1) is 0 Å². The van der Waals surface area contributed by atoms with E-state index in [0.717, 1.165) is 44.1 Å². The van der Waals surface area contributed by atoms with Crippen molar-refractivity contribution in [1.82, 2.24) is 4.98 Å². The number of fused-ring (bicyclic) bond motifs is 1. The molecule has 0 spiro atoms. The average molecular weight is 379 g/mol. The first-order valence-electron chi connectivity index (χ1n) is 7.35. The summed E-state index contributed by atoms with van der Waals surface area (Å²) >= 11 is 3.59. The molecule has 2 heterocycles. The van der Waals surface area contributed by atoms with Crippen molar-refractivity contribution in [2.24, 2.45) is 0 Å². The minimum atomic E-state index is 0.224. The third kappa shape index (κ3) is 3.34. The number of benzene rings is 1. The molecule has 2 aromatic rings. The molecule has 3 rings (SSSR count). The van der Waals surface area contributed by atoms with Crippen LogP contribution in [0.25, 0.3) is 0 Å². The molecule has 122 valence electrons. The molecule has 0 saturated heterocycles.